The fourth-order valence-electron chi connectivity index (χ4n) is 2.98. The molecule has 3 amide bonds. The van der Waals surface area contributed by atoms with Crippen molar-refractivity contribution < 1.29 is 9.59 Å². The molecule has 0 radical (unpaired) electrons. The van der Waals surface area contributed by atoms with Crippen molar-refractivity contribution in [3.63, 3.8) is 0 Å². The first kappa shape index (κ1) is 22.6. The van der Waals surface area contributed by atoms with Gasteiger partial charge in [-0.2, -0.15) is 0 Å². The molecule has 31 heavy (non-hydrogen) atoms. The van der Waals surface area contributed by atoms with Crippen LogP contribution < -0.4 is 10.6 Å². The SMILES string of the molecule is CCNC(=O)NC(=O)CSc1nnc(-c2ccc(C(C)(C)C)cc2)n1-c1ccccc1. The lowest BCUT2D eigenvalue weighted by atomic mass is 9.87. The van der Waals surface area contributed by atoms with Crippen molar-refractivity contribution in [2.24, 2.45) is 0 Å². The number of rotatable bonds is 6. The summed E-state index contributed by atoms with van der Waals surface area (Å²) in [6.45, 7) is 8.77. The molecule has 0 unspecified atom stereocenters. The molecule has 0 aliphatic carbocycles. The van der Waals surface area contributed by atoms with Crippen molar-refractivity contribution in [3.05, 3.63) is 60.2 Å². The number of carbonyl (C=O) groups is 2. The van der Waals surface area contributed by atoms with Crippen LogP contribution in [-0.2, 0) is 10.2 Å². The van der Waals surface area contributed by atoms with Crippen molar-refractivity contribution in [1.82, 2.24) is 25.4 Å². The highest BCUT2D eigenvalue weighted by Crippen LogP contribution is 2.30. The summed E-state index contributed by atoms with van der Waals surface area (Å²) in [7, 11) is 0. The third kappa shape index (κ3) is 5.73. The topological polar surface area (TPSA) is 88.9 Å². The number of hydrogen-bond donors (Lipinski definition) is 2. The van der Waals surface area contributed by atoms with Gasteiger partial charge in [-0.1, -0.05) is 75.0 Å². The molecule has 1 aromatic heterocycles. The number of amides is 3. The number of para-hydroxylation sites is 1. The second-order valence-corrected chi connectivity index (χ2v) is 8.94. The van der Waals surface area contributed by atoms with E-state index < -0.39 is 11.9 Å². The molecule has 1 heterocycles. The quantitative estimate of drug-likeness (QED) is 0.565. The predicted molar refractivity (Wildman–Crippen MR) is 123 cm³/mol. The van der Waals surface area contributed by atoms with Crippen molar-refractivity contribution in [1.29, 1.82) is 0 Å². The van der Waals surface area contributed by atoms with Crippen LogP contribution in [0, 0.1) is 0 Å². The summed E-state index contributed by atoms with van der Waals surface area (Å²) in [6, 6.07) is 17.6. The Labute approximate surface area is 186 Å². The van der Waals surface area contributed by atoms with Crippen LogP contribution in [-0.4, -0.2) is 39.0 Å². The van der Waals surface area contributed by atoms with Crippen LogP contribution in [0.5, 0.6) is 0 Å². The Hall–Kier alpha value is -3.13. The summed E-state index contributed by atoms with van der Waals surface area (Å²) in [4.78, 5) is 23.7. The number of nitrogens with one attached hydrogen (secondary N) is 2. The van der Waals surface area contributed by atoms with E-state index in [1.54, 1.807) is 6.92 Å². The van der Waals surface area contributed by atoms with Crippen LogP contribution in [0.1, 0.15) is 33.3 Å². The standard InChI is InChI=1S/C23H27N5O2S/c1-5-24-21(30)25-19(29)15-31-22-27-26-20(28(22)18-9-7-6-8-10-18)16-11-13-17(14-12-16)23(2,3)4/h6-14H,5,15H2,1-4H3,(H2,24,25,29,30). The molecule has 0 fully saturated rings. The molecule has 8 heteroatoms. The number of urea groups is 1. The van der Waals surface area contributed by atoms with Gasteiger partial charge in [0.25, 0.3) is 0 Å². The van der Waals surface area contributed by atoms with Gasteiger partial charge in [0.2, 0.25) is 5.91 Å². The molecule has 0 aliphatic rings. The Morgan fingerprint density at radius 1 is 1.00 bits per heavy atom. The zero-order valence-electron chi connectivity index (χ0n) is 18.2. The number of hydrogen-bond acceptors (Lipinski definition) is 5. The summed E-state index contributed by atoms with van der Waals surface area (Å²) in [6.07, 6.45) is 0. The molecule has 2 N–H and O–H groups in total. The van der Waals surface area contributed by atoms with Crippen LogP contribution in [0.15, 0.2) is 59.8 Å². The second-order valence-electron chi connectivity index (χ2n) is 8.00. The van der Waals surface area contributed by atoms with Gasteiger partial charge in [0.15, 0.2) is 11.0 Å². The van der Waals surface area contributed by atoms with Crippen molar-refractivity contribution in [2.75, 3.05) is 12.3 Å². The van der Waals surface area contributed by atoms with Crippen LogP contribution in [0.25, 0.3) is 17.1 Å². The largest absolute Gasteiger partial charge is 0.338 e. The summed E-state index contributed by atoms with van der Waals surface area (Å²) in [5.74, 6) is 0.346. The molecule has 0 aliphatic heterocycles. The maximum absolute atomic E-state index is 12.1. The van der Waals surface area contributed by atoms with E-state index in [-0.39, 0.29) is 11.2 Å². The van der Waals surface area contributed by atoms with Gasteiger partial charge in [-0.05, 0) is 30.0 Å². The number of aromatic nitrogens is 3. The van der Waals surface area contributed by atoms with E-state index in [9.17, 15) is 9.59 Å². The number of imide groups is 1. The highest BCUT2D eigenvalue weighted by molar-refractivity contribution is 7.99. The number of carbonyl (C=O) groups excluding carboxylic acids is 2. The maximum Gasteiger partial charge on any atom is 0.321 e. The molecule has 0 spiro atoms. The minimum Gasteiger partial charge on any atom is -0.338 e. The normalized spacial score (nSPS) is 11.2. The molecule has 0 saturated heterocycles. The van der Waals surface area contributed by atoms with E-state index in [0.29, 0.717) is 17.5 Å². The first-order valence-corrected chi connectivity index (χ1v) is 11.1. The molecule has 162 valence electrons. The Bertz CT molecular complexity index is 1040. The Morgan fingerprint density at radius 3 is 2.29 bits per heavy atom. The summed E-state index contributed by atoms with van der Waals surface area (Å²) in [5, 5.41) is 14.1. The Balaban J connectivity index is 1.89. The number of benzene rings is 2. The van der Waals surface area contributed by atoms with Gasteiger partial charge in [0, 0.05) is 17.8 Å². The van der Waals surface area contributed by atoms with Gasteiger partial charge in [0.1, 0.15) is 0 Å². The minimum absolute atomic E-state index is 0.0467. The van der Waals surface area contributed by atoms with Gasteiger partial charge >= 0.3 is 6.03 Å². The van der Waals surface area contributed by atoms with Crippen LogP contribution >= 0.6 is 11.8 Å². The van der Waals surface area contributed by atoms with Gasteiger partial charge in [-0.15, -0.1) is 10.2 Å². The Kier molecular flexibility index (Phi) is 7.12. The summed E-state index contributed by atoms with van der Waals surface area (Å²) < 4.78 is 1.93. The van der Waals surface area contributed by atoms with Crippen LogP contribution in [0.2, 0.25) is 0 Å². The smallest absolute Gasteiger partial charge is 0.321 e. The van der Waals surface area contributed by atoms with E-state index in [2.05, 4.69) is 53.7 Å². The lowest BCUT2D eigenvalue weighted by Gasteiger charge is -2.19. The van der Waals surface area contributed by atoms with Crippen LogP contribution in [0.4, 0.5) is 4.79 Å². The molecule has 0 saturated carbocycles. The molecular formula is C23H27N5O2S. The number of thioether (sulfide) groups is 1. The summed E-state index contributed by atoms with van der Waals surface area (Å²) >= 11 is 1.23. The van der Waals surface area contributed by atoms with Gasteiger partial charge in [-0.25, -0.2) is 4.79 Å². The average molecular weight is 438 g/mol. The zero-order chi connectivity index (χ0) is 22.4. The average Bonchev–Trinajstić information content (AvgIpc) is 3.16. The van der Waals surface area contributed by atoms with Crippen molar-refractivity contribution in [2.45, 2.75) is 38.3 Å². The fraction of sp³-hybridized carbons (Fsp3) is 0.304. The molecule has 2 aromatic carbocycles. The van der Waals surface area contributed by atoms with E-state index in [0.717, 1.165) is 11.3 Å². The Morgan fingerprint density at radius 2 is 1.68 bits per heavy atom. The highest BCUT2D eigenvalue weighted by Gasteiger charge is 2.19. The molecule has 0 bridgehead atoms. The van der Waals surface area contributed by atoms with E-state index in [1.807, 2.05) is 47.0 Å². The molecule has 3 aromatic rings. The third-order valence-corrected chi connectivity index (χ3v) is 5.51. The molecule has 0 atom stereocenters. The minimum atomic E-state index is -0.503. The number of nitrogens with zero attached hydrogens (tertiary/aromatic N) is 3. The van der Waals surface area contributed by atoms with E-state index in [1.165, 1.54) is 17.3 Å². The maximum atomic E-state index is 12.1. The predicted octanol–water partition coefficient (Wildman–Crippen LogP) is 4.17. The first-order valence-electron chi connectivity index (χ1n) is 10.1. The van der Waals surface area contributed by atoms with Crippen molar-refractivity contribution >= 4 is 23.7 Å². The molecule has 7 nitrogen and oxygen atoms in total. The van der Waals surface area contributed by atoms with Crippen molar-refractivity contribution in [3.8, 4) is 17.1 Å². The lowest BCUT2D eigenvalue weighted by Crippen LogP contribution is -2.40. The highest BCUT2D eigenvalue weighted by atomic mass is 32.2. The van der Waals surface area contributed by atoms with Gasteiger partial charge in [0.05, 0.1) is 5.75 Å². The fourth-order valence-corrected chi connectivity index (χ4v) is 3.73. The van der Waals surface area contributed by atoms with E-state index in [4.69, 9.17) is 0 Å². The summed E-state index contributed by atoms with van der Waals surface area (Å²) in [5.41, 5.74) is 3.13. The van der Waals surface area contributed by atoms with Gasteiger partial charge < -0.3 is 5.32 Å². The van der Waals surface area contributed by atoms with E-state index >= 15 is 0 Å². The lowest BCUT2D eigenvalue weighted by molar-refractivity contribution is -0.117. The second kappa shape index (κ2) is 9.78. The first-order chi connectivity index (χ1) is 14.8. The molecular weight excluding hydrogens is 410 g/mol. The molecule has 3 rings (SSSR count). The third-order valence-electron chi connectivity index (χ3n) is 4.58. The van der Waals surface area contributed by atoms with Crippen LogP contribution in [0.3, 0.4) is 0 Å². The monoisotopic (exact) mass is 437 g/mol. The van der Waals surface area contributed by atoms with Gasteiger partial charge in [-0.3, -0.25) is 14.7 Å². The zero-order valence-corrected chi connectivity index (χ0v) is 19.0.